The van der Waals surface area contributed by atoms with E-state index in [1.807, 2.05) is 6.07 Å². The molecule has 8 nitrogen and oxygen atoms in total. The molecule has 1 amide bonds. The summed E-state index contributed by atoms with van der Waals surface area (Å²) in [6, 6.07) is 5.30. The molecule has 146 valence electrons. The molecule has 0 aliphatic heterocycles. The first kappa shape index (κ1) is 20.4. The summed E-state index contributed by atoms with van der Waals surface area (Å²) in [6.45, 7) is 0.628. The minimum absolute atomic E-state index is 0.0760. The highest BCUT2D eigenvalue weighted by Crippen LogP contribution is 2.25. The monoisotopic (exact) mass is 485 g/mol. The second-order valence-electron chi connectivity index (χ2n) is 5.86. The van der Waals surface area contributed by atoms with Crippen molar-refractivity contribution < 1.29 is 14.7 Å². The van der Waals surface area contributed by atoms with E-state index in [2.05, 4.69) is 31.4 Å². The number of aliphatic carboxylic acids is 1. The van der Waals surface area contributed by atoms with Crippen LogP contribution in [0.3, 0.4) is 0 Å². The summed E-state index contributed by atoms with van der Waals surface area (Å²) in [5.74, 6) is -0.983. The zero-order chi connectivity index (χ0) is 20.3. The summed E-state index contributed by atoms with van der Waals surface area (Å²) in [4.78, 5) is 23.0. The highest BCUT2D eigenvalue weighted by Gasteiger charge is 2.14. The SMILES string of the molecule is O=C(O)CCn1cc(C(=O)Nc2nn(Cc3ccc(Cl)c(Cl)c3)cc2Br)cn1. The second kappa shape index (κ2) is 8.76. The Kier molecular flexibility index (Phi) is 6.38. The number of carboxylic acids is 1. The molecular formula is C17H14BrCl2N5O3. The van der Waals surface area contributed by atoms with Crippen LogP contribution in [0.4, 0.5) is 5.82 Å². The molecule has 0 atom stereocenters. The van der Waals surface area contributed by atoms with E-state index in [-0.39, 0.29) is 13.0 Å². The van der Waals surface area contributed by atoms with Gasteiger partial charge in [-0.3, -0.25) is 19.0 Å². The van der Waals surface area contributed by atoms with E-state index in [1.165, 1.54) is 17.1 Å². The van der Waals surface area contributed by atoms with Crippen molar-refractivity contribution in [3.05, 3.63) is 62.4 Å². The van der Waals surface area contributed by atoms with Gasteiger partial charge in [-0.25, -0.2) is 0 Å². The van der Waals surface area contributed by atoms with Gasteiger partial charge in [0.2, 0.25) is 0 Å². The largest absolute Gasteiger partial charge is 0.481 e. The van der Waals surface area contributed by atoms with Gasteiger partial charge in [-0.05, 0) is 33.6 Å². The van der Waals surface area contributed by atoms with Gasteiger partial charge >= 0.3 is 5.97 Å². The van der Waals surface area contributed by atoms with Gasteiger partial charge < -0.3 is 10.4 Å². The summed E-state index contributed by atoms with van der Waals surface area (Å²) < 4.78 is 3.66. The number of hydrogen-bond acceptors (Lipinski definition) is 4. The summed E-state index contributed by atoms with van der Waals surface area (Å²) in [5, 5.41) is 20.7. The molecule has 0 radical (unpaired) electrons. The molecule has 0 aliphatic rings. The normalized spacial score (nSPS) is 10.8. The van der Waals surface area contributed by atoms with Crippen molar-refractivity contribution in [2.75, 3.05) is 5.32 Å². The minimum Gasteiger partial charge on any atom is -0.481 e. The van der Waals surface area contributed by atoms with Gasteiger partial charge in [-0.15, -0.1) is 0 Å². The van der Waals surface area contributed by atoms with Crippen LogP contribution in [0, 0.1) is 0 Å². The number of aromatic nitrogens is 4. The van der Waals surface area contributed by atoms with Crippen LogP contribution in [-0.2, 0) is 17.9 Å². The van der Waals surface area contributed by atoms with Gasteiger partial charge in [0.1, 0.15) is 0 Å². The zero-order valence-corrected chi connectivity index (χ0v) is 17.4. The third-order valence-corrected chi connectivity index (χ3v) is 5.05. The van der Waals surface area contributed by atoms with Gasteiger partial charge in [-0.2, -0.15) is 10.2 Å². The fourth-order valence-electron chi connectivity index (χ4n) is 2.38. The first-order valence-electron chi connectivity index (χ1n) is 8.04. The number of carboxylic acid groups (broad SMARTS) is 1. The fraction of sp³-hybridized carbons (Fsp3) is 0.176. The number of aryl methyl sites for hydroxylation is 1. The fourth-order valence-corrected chi connectivity index (χ4v) is 3.12. The maximum absolute atomic E-state index is 12.4. The highest BCUT2D eigenvalue weighted by molar-refractivity contribution is 9.10. The van der Waals surface area contributed by atoms with Crippen molar-refractivity contribution >= 4 is 56.8 Å². The topological polar surface area (TPSA) is 102 Å². The molecule has 0 aliphatic carbocycles. The third kappa shape index (κ3) is 5.12. The van der Waals surface area contributed by atoms with Crippen LogP contribution in [0.1, 0.15) is 22.3 Å². The number of hydrogen-bond donors (Lipinski definition) is 2. The molecule has 0 unspecified atom stereocenters. The smallest absolute Gasteiger partial charge is 0.305 e. The molecule has 0 fully saturated rings. The lowest BCUT2D eigenvalue weighted by atomic mass is 10.2. The zero-order valence-electron chi connectivity index (χ0n) is 14.3. The third-order valence-electron chi connectivity index (χ3n) is 3.73. The Balaban J connectivity index is 1.66. The number of rotatable bonds is 7. The van der Waals surface area contributed by atoms with Crippen LogP contribution < -0.4 is 5.32 Å². The average molecular weight is 487 g/mol. The maximum atomic E-state index is 12.4. The summed E-state index contributed by atoms with van der Waals surface area (Å²) in [5.41, 5.74) is 1.21. The number of anilines is 1. The van der Waals surface area contributed by atoms with E-state index in [9.17, 15) is 9.59 Å². The molecule has 2 aromatic heterocycles. The number of amides is 1. The van der Waals surface area contributed by atoms with Crippen LogP contribution in [0.5, 0.6) is 0 Å². The van der Waals surface area contributed by atoms with E-state index in [4.69, 9.17) is 28.3 Å². The molecule has 0 bridgehead atoms. The van der Waals surface area contributed by atoms with Crippen LogP contribution >= 0.6 is 39.1 Å². The minimum atomic E-state index is -0.932. The lowest BCUT2D eigenvalue weighted by Crippen LogP contribution is -2.12. The van der Waals surface area contributed by atoms with Crippen molar-refractivity contribution in [3.8, 4) is 0 Å². The Bertz CT molecular complexity index is 1030. The van der Waals surface area contributed by atoms with Gasteiger partial charge in [0.15, 0.2) is 5.82 Å². The molecule has 3 aromatic rings. The number of halogens is 3. The highest BCUT2D eigenvalue weighted by atomic mass is 79.9. The Labute approximate surface area is 178 Å². The van der Waals surface area contributed by atoms with Crippen molar-refractivity contribution in [2.24, 2.45) is 0 Å². The molecule has 1 aromatic carbocycles. The molecule has 2 heterocycles. The van der Waals surface area contributed by atoms with Crippen LogP contribution in [0.2, 0.25) is 10.0 Å². The molecule has 28 heavy (non-hydrogen) atoms. The van der Waals surface area contributed by atoms with Gasteiger partial charge in [0.25, 0.3) is 5.91 Å². The number of nitrogens with one attached hydrogen (secondary N) is 1. The molecule has 11 heteroatoms. The second-order valence-corrected chi connectivity index (χ2v) is 7.53. The Morgan fingerprint density at radius 3 is 2.68 bits per heavy atom. The van der Waals surface area contributed by atoms with Crippen molar-refractivity contribution in [1.29, 1.82) is 0 Å². The number of carbonyl (C=O) groups excluding carboxylic acids is 1. The van der Waals surface area contributed by atoms with Crippen LogP contribution in [0.15, 0.2) is 41.3 Å². The van der Waals surface area contributed by atoms with Crippen molar-refractivity contribution in [3.63, 3.8) is 0 Å². The van der Waals surface area contributed by atoms with E-state index < -0.39 is 11.9 Å². The van der Waals surface area contributed by atoms with Gasteiger partial charge in [-0.1, -0.05) is 29.3 Å². The summed E-state index contributed by atoms with van der Waals surface area (Å²) in [7, 11) is 0. The lowest BCUT2D eigenvalue weighted by Gasteiger charge is -2.04. The van der Waals surface area contributed by atoms with Crippen LogP contribution in [0.25, 0.3) is 0 Å². The van der Waals surface area contributed by atoms with Crippen LogP contribution in [-0.4, -0.2) is 36.5 Å². The van der Waals surface area contributed by atoms with E-state index in [0.717, 1.165) is 5.56 Å². The number of benzene rings is 1. The summed E-state index contributed by atoms with van der Waals surface area (Å²) >= 11 is 15.3. The Morgan fingerprint density at radius 1 is 1.18 bits per heavy atom. The first-order chi connectivity index (χ1) is 13.3. The van der Waals surface area contributed by atoms with Crippen molar-refractivity contribution in [1.82, 2.24) is 19.6 Å². The van der Waals surface area contributed by atoms with E-state index in [0.29, 0.717) is 32.4 Å². The first-order valence-corrected chi connectivity index (χ1v) is 9.59. The number of carbonyl (C=O) groups is 2. The predicted molar refractivity (Wildman–Crippen MR) is 108 cm³/mol. The molecule has 0 spiro atoms. The number of nitrogens with zero attached hydrogens (tertiary/aromatic N) is 4. The molecular weight excluding hydrogens is 473 g/mol. The summed E-state index contributed by atoms with van der Waals surface area (Å²) in [6.07, 6.45) is 4.51. The Hall–Kier alpha value is -2.36. The maximum Gasteiger partial charge on any atom is 0.305 e. The van der Waals surface area contributed by atoms with Gasteiger partial charge in [0.05, 0.1) is 45.8 Å². The van der Waals surface area contributed by atoms with E-state index in [1.54, 1.807) is 23.0 Å². The van der Waals surface area contributed by atoms with Crippen molar-refractivity contribution in [2.45, 2.75) is 19.5 Å². The molecule has 2 N–H and O–H groups in total. The molecule has 0 saturated carbocycles. The lowest BCUT2D eigenvalue weighted by molar-refractivity contribution is -0.137. The Morgan fingerprint density at radius 2 is 1.96 bits per heavy atom. The standard InChI is InChI=1S/C17H14BrCl2N5O3/c18-12-9-25(7-10-1-2-13(19)14(20)5-10)23-16(12)22-17(28)11-6-21-24(8-11)4-3-15(26)27/h1-2,5-6,8-9H,3-4,7H2,(H,26,27)(H,22,23,28). The average Bonchev–Trinajstić information content (AvgIpc) is 3.23. The predicted octanol–water partition coefficient (Wildman–Crippen LogP) is 3.92. The molecule has 3 rings (SSSR count). The molecule has 0 saturated heterocycles. The van der Waals surface area contributed by atoms with E-state index >= 15 is 0 Å². The van der Waals surface area contributed by atoms with Gasteiger partial charge in [0, 0.05) is 12.4 Å². The quantitative estimate of drug-likeness (QED) is 0.526.